The molecule has 1 aliphatic heterocycles. The Hall–Kier alpha value is -4.00. The molecule has 1 N–H and O–H groups in total. The standard InChI is InChI=1S/C25H19F2NO4/c1-14-7-3-4-8-16(14)22-21(23(29)17-9-5-6-10-20(17)32-2)24(30)25(31)28(22)15-11-12-18(26)19(27)13-15/h3-13,22,29H,1-2H3/b23-21+. The van der Waals surface area contributed by atoms with Gasteiger partial charge in [0.05, 0.1) is 24.3 Å². The SMILES string of the molecule is COc1ccccc1/C(O)=C1\C(=O)C(=O)N(c2ccc(F)c(F)c2)C1c1ccccc1C. The Kier molecular flexibility index (Phi) is 5.48. The summed E-state index contributed by atoms with van der Waals surface area (Å²) in [6.45, 7) is 1.80. The van der Waals surface area contributed by atoms with E-state index in [1.807, 2.05) is 0 Å². The molecule has 32 heavy (non-hydrogen) atoms. The first-order valence-electron chi connectivity index (χ1n) is 9.80. The number of amides is 1. The third kappa shape index (κ3) is 3.41. The van der Waals surface area contributed by atoms with Gasteiger partial charge in [0.15, 0.2) is 11.6 Å². The number of aliphatic hydroxyl groups excluding tert-OH is 1. The van der Waals surface area contributed by atoms with Crippen molar-refractivity contribution >= 4 is 23.1 Å². The molecule has 0 radical (unpaired) electrons. The molecule has 1 saturated heterocycles. The molecule has 1 atom stereocenters. The lowest BCUT2D eigenvalue weighted by Crippen LogP contribution is -2.30. The van der Waals surface area contributed by atoms with Crippen molar-refractivity contribution in [3.8, 4) is 5.75 Å². The first-order valence-corrected chi connectivity index (χ1v) is 9.80. The maximum absolute atomic E-state index is 14.0. The van der Waals surface area contributed by atoms with Crippen LogP contribution in [0.3, 0.4) is 0 Å². The molecule has 1 fully saturated rings. The Bertz CT molecular complexity index is 1270. The van der Waals surface area contributed by atoms with Crippen LogP contribution in [-0.2, 0) is 9.59 Å². The Morgan fingerprint density at radius 2 is 1.66 bits per heavy atom. The smallest absolute Gasteiger partial charge is 0.300 e. The maximum Gasteiger partial charge on any atom is 0.300 e. The average molecular weight is 435 g/mol. The van der Waals surface area contributed by atoms with Crippen LogP contribution in [0.4, 0.5) is 14.5 Å². The molecule has 0 saturated carbocycles. The van der Waals surface area contributed by atoms with Gasteiger partial charge in [0.2, 0.25) is 0 Å². The van der Waals surface area contributed by atoms with Gasteiger partial charge in [-0.05, 0) is 42.3 Å². The minimum atomic E-state index is -1.15. The maximum atomic E-state index is 14.0. The van der Waals surface area contributed by atoms with E-state index in [0.29, 0.717) is 11.3 Å². The molecule has 3 aromatic carbocycles. The van der Waals surface area contributed by atoms with Crippen LogP contribution in [0, 0.1) is 18.6 Å². The van der Waals surface area contributed by atoms with Crippen molar-refractivity contribution in [1.82, 2.24) is 0 Å². The number of benzene rings is 3. The number of carbonyl (C=O) groups is 2. The van der Waals surface area contributed by atoms with Gasteiger partial charge in [-0.3, -0.25) is 14.5 Å². The Morgan fingerprint density at radius 3 is 2.34 bits per heavy atom. The molecule has 0 spiro atoms. The number of carbonyl (C=O) groups excluding carboxylic acids is 2. The van der Waals surface area contributed by atoms with E-state index in [0.717, 1.165) is 22.6 Å². The fraction of sp³-hybridized carbons (Fsp3) is 0.120. The Balaban J connectivity index is 2.01. The molecule has 4 rings (SSSR count). The van der Waals surface area contributed by atoms with Crippen LogP contribution in [0.25, 0.3) is 5.76 Å². The summed E-state index contributed by atoms with van der Waals surface area (Å²) >= 11 is 0. The first-order chi connectivity index (χ1) is 15.3. The molecule has 1 aliphatic rings. The molecule has 0 aliphatic carbocycles. The lowest BCUT2D eigenvalue weighted by molar-refractivity contribution is -0.132. The first kappa shape index (κ1) is 21.2. The number of halogens is 2. The van der Waals surface area contributed by atoms with E-state index >= 15 is 0 Å². The Morgan fingerprint density at radius 1 is 0.969 bits per heavy atom. The van der Waals surface area contributed by atoms with Gasteiger partial charge < -0.3 is 9.84 Å². The van der Waals surface area contributed by atoms with Gasteiger partial charge in [-0.2, -0.15) is 0 Å². The zero-order valence-corrected chi connectivity index (χ0v) is 17.3. The van der Waals surface area contributed by atoms with Crippen LogP contribution in [0.15, 0.2) is 72.3 Å². The van der Waals surface area contributed by atoms with Crippen molar-refractivity contribution in [1.29, 1.82) is 0 Å². The summed E-state index contributed by atoms with van der Waals surface area (Å²) in [5, 5.41) is 11.2. The van der Waals surface area contributed by atoms with E-state index in [1.165, 1.54) is 13.2 Å². The van der Waals surface area contributed by atoms with Crippen molar-refractivity contribution < 1.29 is 28.2 Å². The zero-order valence-electron chi connectivity index (χ0n) is 17.3. The number of ketones is 1. The van der Waals surface area contributed by atoms with Crippen molar-refractivity contribution in [2.24, 2.45) is 0 Å². The van der Waals surface area contributed by atoms with Crippen molar-refractivity contribution in [2.75, 3.05) is 12.0 Å². The number of rotatable bonds is 4. The Labute approximate surface area is 183 Å². The molecule has 0 bridgehead atoms. The summed E-state index contributed by atoms with van der Waals surface area (Å²) in [6, 6.07) is 15.5. The molecule has 0 aromatic heterocycles. The van der Waals surface area contributed by atoms with Gasteiger partial charge in [0.25, 0.3) is 11.7 Å². The van der Waals surface area contributed by atoms with Gasteiger partial charge in [-0.1, -0.05) is 36.4 Å². The summed E-state index contributed by atoms with van der Waals surface area (Å²) in [5.74, 6) is -4.23. The van der Waals surface area contributed by atoms with E-state index in [2.05, 4.69) is 0 Å². The third-order valence-corrected chi connectivity index (χ3v) is 5.47. The van der Waals surface area contributed by atoms with E-state index in [-0.39, 0.29) is 16.8 Å². The number of aliphatic hydroxyl groups is 1. The number of hydrogen-bond acceptors (Lipinski definition) is 4. The quantitative estimate of drug-likeness (QED) is 0.359. The minimum Gasteiger partial charge on any atom is -0.507 e. The van der Waals surface area contributed by atoms with E-state index in [9.17, 15) is 23.5 Å². The van der Waals surface area contributed by atoms with Crippen LogP contribution >= 0.6 is 0 Å². The van der Waals surface area contributed by atoms with Crippen LogP contribution in [0.2, 0.25) is 0 Å². The highest BCUT2D eigenvalue weighted by molar-refractivity contribution is 6.51. The molecule has 5 nitrogen and oxygen atoms in total. The van der Waals surface area contributed by atoms with Crippen LogP contribution < -0.4 is 9.64 Å². The van der Waals surface area contributed by atoms with Gasteiger partial charge in [-0.25, -0.2) is 8.78 Å². The van der Waals surface area contributed by atoms with Crippen molar-refractivity contribution in [3.05, 3.63) is 101 Å². The highest BCUT2D eigenvalue weighted by Crippen LogP contribution is 2.44. The summed E-state index contributed by atoms with van der Waals surface area (Å²) in [7, 11) is 1.42. The third-order valence-electron chi connectivity index (χ3n) is 5.47. The number of aryl methyl sites for hydroxylation is 1. The molecule has 1 unspecified atom stereocenters. The zero-order chi connectivity index (χ0) is 23.0. The number of para-hydroxylation sites is 1. The summed E-state index contributed by atoms with van der Waals surface area (Å²) in [4.78, 5) is 27.3. The number of ether oxygens (including phenoxy) is 1. The second-order valence-corrected chi connectivity index (χ2v) is 7.32. The number of methoxy groups -OCH3 is 1. The second-order valence-electron chi connectivity index (χ2n) is 7.32. The molecule has 1 heterocycles. The van der Waals surface area contributed by atoms with Crippen molar-refractivity contribution in [2.45, 2.75) is 13.0 Å². The highest BCUT2D eigenvalue weighted by Gasteiger charge is 2.47. The molecule has 7 heteroatoms. The van der Waals surface area contributed by atoms with Crippen LogP contribution in [0.1, 0.15) is 22.7 Å². The lowest BCUT2D eigenvalue weighted by atomic mass is 9.92. The summed E-state index contributed by atoms with van der Waals surface area (Å²) in [6.07, 6.45) is 0. The molecule has 162 valence electrons. The lowest BCUT2D eigenvalue weighted by Gasteiger charge is -2.26. The number of hydrogen-bond donors (Lipinski definition) is 1. The molecular weight excluding hydrogens is 416 g/mol. The number of anilines is 1. The summed E-state index contributed by atoms with van der Waals surface area (Å²) < 4.78 is 32.9. The minimum absolute atomic E-state index is 0.00155. The average Bonchev–Trinajstić information content (AvgIpc) is 3.06. The largest absolute Gasteiger partial charge is 0.507 e. The topological polar surface area (TPSA) is 66.8 Å². The van der Waals surface area contributed by atoms with Gasteiger partial charge in [0.1, 0.15) is 11.5 Å². The van der Waals surface area contributed by atoms with Gasteiger partial charge in [0, 0.05) is 11.8 Å². The molecular formula is C25H19F2NO4. The van der Waals surface area contributed by atoms with Crippen LogP contribution in [-0.4, -0.2) is 23.9 Å². The summed E-state index contributed by atoms with van der Waals surface area (Å²) in [5.41, 5.74) is 1.37. The molecule has 3 aromatic rings. The van der Waals surface area contributed by atoms with Gasteiger partial charge in [-0.15, -0.1) is 0 Å². The number of nitrogens with zero attached hydrogens (tertiary/aromatic N) is 1. The second kappa shape index (κ2) is 8.26. The molecule has 1 amide bonds. The highest BCUT2D eigenvalue weighted by atomic mass is 19.2. The van der Waals surface area contributed by atoms with E-state index < -0.39 is 35.1 Å². The van der Waals surface area contributed by atoms with E-state index in [4.69, 9.17) is 4.74 Å². The number of Topliss-reactive ketones (excluding diaryl/α,β-unsaturated/α-hetero) is 1. The predicted molar refractivity (Wildman–Crippen MR) is 115 cm³/mol. The van der Waals surface area contributed by atoms with Gasteiger partial charge >= 0.3 is 0 Å². The fourth-order valence-electron chi connectivity index (χ4n) is 3.91. The normalized spacial score (nSPS) is 17.6. The van der Waals surface area contributed by atoms with E-state index in [1.54, 1.807) is 55.5 Å². The fourth-order valence-corrected chi connectivity index (χ4v) is 3.91. The van der Waals surface area contributed by atoms with Crippen molar-refractivity contribution in [3.63, 3.8) is 0 Å². The van der Waals surface area contributed by atoms with Crippen LogP contribution in [0.5, 0.6) is 5.75 Å². The predicted octanol–water partition coefficient (Wildman–Crippen LogP) is 4.91. The monoisotopic (exact) mass is 435 g/mol.